The van der Waals surface area contributed by atoms with Crippen LogP contribution in [0.15, 0.2) is 65.6 Å². The summed E-state index contributed by atoms with van der Waals surface area (Å²) in [5, 5.41) is 3.60. The average Bonchev–Trinajstić information content (AvgIpc) is 3.17. The minimum atomic E-state index is -0.135. The van der Waals surface area contributed by atoms with Crippen molar-refractivity contribution in [3.63, 3.8) is 0 Å². The molecule has 5 rings (SSSR count). The van der Waals surface area contributed by atoms with Crippen molar-refractivity contribution >= 4 is 28.5 Å². The van der Waals surface area contributed by atoms with Gasteiger partial charge in [-0.2, -0.15) is 0 Å². The maximum absolute atomic E-state index is 13.6. The maximum atomic E-state index is 13.6. The van der Waals surface area contributed by atoms with Gasteiger partial charge in [-0.15, -0.1) is 0 Å². The summed E-state index contributed by atoms with van der Waals surface area (Å²) < 4.78 is 8.93. The molecule has 186 valence electrons. The van der Waals surface area contributed by atoms with Gasteiger partial charge in [0.25, 0.3) is 5.91 Å². The molecule has 2 aromatic heterocycles. The van der Waals surface area contributed by atoms with Crippen molar-refractivity contribution in [2.45, 2.75) is 45.2 Å². The number of aromatic nitrogens is 3. The number of carbonyl (C=O) groups excluding carboxylic acids is 1. The Morgan fingerprint density at radius 1 is 1.08 bits per heavy atom. The Kier molecular flexibility index (Phi) is 6.83. The van der Waals surface area contributed by atoms with E-state index >= 15 is 0 Å². The number of pyridine rings is 1. The zero-order valence-electron chi connectivity index (χ0n) is 20.4. The van der Waals surface area contributed by atoms with E-state index in [-0.39, 0.29) is 17.6 Å². The van der Waals surface area contributed by atoms with Gasteiger partial charge in [-0.05, 0) is 81.0 Å². The molecule has 4 aromatic rings. The van der Waals surface area contributed by atoms with E-state index in [0.717, 1.165) is 48.2 Å². The highest BCUT2D eigenvalue weighted by Gasteiger charge is 2.25. The molecular weight excluding hydrogens is 476 g/mol. The number of halogens is 1. The number of rotatable bonds is 6. The molecule has 0 aliphatic heterocycles. The molecule has 1 saturated carbocycles. The lowest BCUT2D eigenvalue weighted by atomic mass is 9.85. The lowest BCUT2D eigenvalue weighted by molar-refractivity contribution is 0.0919. The molecule has 36 heavy (non-hydrogen) atoms. The number of nitrogens with one attached hydrogen (secondary N) is 1. The summed E-state index contributed by atoms with van der Waals surface area (Å²) in [5.74, 6) is 0.978. The highest BCUT2D eigenvalue weighted by Crippen LogP contribution is 2.28. The maximum Gasteiger partial charge on any atom is 0.333 e. The summed E-state index contributed by atoms with van der Waals surface area (Å²) in [6.45, 7) is 2.46. The number of hydrogen-bond donors (Lipinski definition) is 1. The third-order valence-corrected chi connectivity index (χ3v) is 7.29. The van der Waals surface area contributed by atoms with Crippen LogP contribution in [-0.4, -0.2) is 33.2 Å². The minimum Gasteiger partial charge on any atom is -0.497 e. The smallest absolute Gasteiger partial charge is 0.333 e. The number of ether oxygens (including phenoxy) is 1. The second-order valence-electron chi connectivity index (χ2n) is 9.39. The SMILES string of the molecule is COc1ccc(-n2c(=O)n(CC3CCC(NC(=O)c4cc(Cl)cnc4C)CC3)c3ccccc32)cc1. The lowest BCUT2D eigenvalue weighted by Crippen LogP contribution is -2.39. The Bertz CT molecular complexity index is 1450. The first-order chi connectivity index (χ1) is 17.4. The number of imidazole rings is 1. The van der Waals surface area contributed by atoms with Crippen LogP contribution in [0.5, 0.6) is 5.75 Å². The first-order valence-electron chi connectivity index (χ1n) is 12.2. The topological polar surface area (TPSA) is 78.1 Å². The highest BCUT2D eigenvalue weighted by atomic mass is 35.5. The van der Waals surface area contributed by atoms with E-state index in [4.69, 9.17) is 16.3 Å². The van der Waals surface area contributed by atoms with Crippen LogP contribution in [0.3, 0.4) is 0 Å². The van der Waals surface area contributed by atoms with Crippen LogP contribution in [0.1, 0.15) is 41.7 Å². The van der Waals surface area contributed by atoms with Gasteiger partial charge in [0.15, 0.2) is 0 Å². The van der Waals surface area contributed by atoms with E-state index in [9.17, 15) is 9.59 Å². The zero-order chi connectivity index (χ0) is 25.2. The number of aryl methyl sites for hydroxylation is 1. The molecule has 0 atom stereocenters. The number of hydrogen-bond acceptors (Lipinski definition) is 4. The Balaban J connectivity index is 1.30. The van der Waals surface area contributed by atoms with Gasteiger partial charge in [0.1, 0.15) is 5.75 Å². The second-order valence-corrected chi connectivity index (χ2v) is 9.83. The lowest BCUT2D eigenvalue weighted by Gasteiger charge is -2.29. The molecule has 2 aromatic carbocycles. The molecule has 1 N–H and O–H groups in total. The molecule has 2 heterocycles. The van der Waals surface area contributed by atoms with Gasteiger partial charge < -0.3 is 10.1 Å². The largest absolute Gasteiger partial charge is 0.497 e. The molecule has 0 spiro atoms. The van der Waals surface area contributed by atoms with Crippen molar-refractivity contribution in [2.24, 2.45) is 5.92 Å². The van der Waals surface area contributed by atoms with Crippen LogP contribution in [0.4, 0.5) is 0 Å². The highest BCUT2D eigenvalue weighted by molar-refractivity contribution is 6.30. The van der Waals surface area contributed by atoms with Crippen LogP contribution >= 0.6 is 11.6 Å². The molecule has 1 aliphatic carbocycles. The van der Waals surface area contributed by atoms with Crippen molar-refractivity contribution in [3.05, 3.63) is 87.6 Å². The van der Waals surface area contributed by atoms with E-state index < -0.39 is 0 Å². The summed E-state index contributed by atoms with van der Waals surface area (Å²) in [5.41, 5.74) is 3.77. The fourth-order valence-electron chi connectivity index (χ4n) is 5.11. The molecule has 1 amide bonds. The van der Waals surface area contributed by atoms with E-state index in [1.807, 2.05) is 60.0 Å². The van der Waals surface area contributed by atoms with E-state index in [1.165, 1.54) is 0 Å². The van der Waals surface area contributed by atoms with Crippen LogP contribution in [-0.2, 0) is 6.54 Å². The standard InChI is InChI=1S/C28H29ClN4O3/c1-18-24(15-20(29)16-30-18)27(34)31-21-9-7-19(8-10-21)17-32-25-5-3-4-6-26(25)33(28(32)35)22-11-13-23(36-2)14-12-22/h3-6,11-16,19,21H,7-10,17H2,1-2H3,(H,31,34). The number of carbonyl (C=O) groups is 1. The van der Waals surface area contributed by atoms with Gasteiger partial charge in [0.2, 0.25) is 0 Å². The third kappa shape index (κ3) is 4.75. The zero-order valence-corrected chi connectivity index (χ0v) is 21.2. The minimum absolute atomic E-state index is 0.0410. The van der Waals surface area contributed by atoms with Crippen LogP contribution < -0.4 is 15.7 Å². The number of amides is 1. The summed E-state index contributed by atoms with van der Waals surface area (Å²) in [6.07, 6.45) is 5.16. The van der Waals surface area contributed by atoms with Crippen molar-refractivity contribution in [1.29, 1.82) is 0 Å². The average molecular weight is 505 g/mol. The predicted octanol–water partition coefficient (Wildman–Crippen LogP) is 5.15. The fraction of sp³-hybridized carbons (Fsp3) is 0.321. The number of fused-ring (bicyclic) bond motifs is 1. The first-order valence-corrected chi connectivity index (χ1v) is 12.6. The molecule has 1 aliphatic rings. The molecule has 0 unspecified atom stereocenters. The van der Waals surface area contributed by atoms with Crippen molar-refractivity contribution in [3.8, 4) is 11.4 Å². The molecule has 1 fully saturated rings. The van der Waals surface area contributed by atoms with Gasteiger partial charge in [0, 0.05) is 18.8 Å². The Morgan fingerprint density at radius 2 is 1.78 bits per heavy atom. The van der Waals surface area contributed by atoms with Crippen LogP contribution in [0.25, 0.3) is 16.7 Å². The Hall–Kier alpha value is -3.58. The van der Waals surface area contributed by atoms with Gasteiger partial charge >= 0.3 is 5.69 Å². The molecule has 0 radical (unpaired) electrons. The third-order valence-electron chi connectivity index (χ3n) is 7.09. The molecular formula is C28H29ClN4O3. The monoisotopic (exact) mass is 504 g/mol. The Labute approximate surface area is 214 Å². The quantitative estimate of drug-likeness (QED) is 0.394. The predicted molar refractivity (Wildman–Crippen MR) is 141 cm³/mol. The molecule has 8 heteroatoms. The summed E-state index contributed by atoms with van der Waals surface area (Å²) in [7, 11) is 1.63. The van der Waals surface area contributed by atoms with Crippen molar-refractivity contribution in [2.75, 3.05) is 7.11 Å². The van der Waals surface area contributed by atoms with Crippen molar-refractivity contribution < 1.29 is 9.53 Å². The van der Waals surface area contributed by atoms with Gasteiger partial charge in [-0.25, -0.2) is 4.79 Å². The molecule has 0 saturated heterocycles. The number of nitrogens with zero attached hydrogens (tertiary/aromatic N) is 3. The van der Waals surface area contributed by atoms with E-state index in [0.29, 0.717) is 28.7 Å². The number of methoxy groups -OCH3 is 1. The summed E-state index contributed by atoms with van der Waals surface area (Å²) in [4.78, 5) is 30.5. The number of benzene rings is 2. The van der Waals surface area contributed by atoms with E-state index in [1.54, 1.807) is 23.9 Å². The van der Waals surface area contributed by atoms with Gasteiger partial charge in [-0.3, -0.25) is 18.9 Å². The number of para-hydroxylation sites is 2. The van der Waals surface area contributed by atoms with Crippen molar-refractivity contribution in [1.82, 2.24) is 19.4 Å². The van der Waals surface area contributed by atoms with Crippen LogP contribution in [0, 0.1) is 12.8 Å². The van der Waals surface area contributed by atoms with Gasteiger partial charge in [-0.1, -0.05) is 23.7 Å². The summed E-state index contributed by atoms with van der Waals surface area (Å²) in [6, 6.07) is 17.2. The van der Waals surface area contributed by atoms with Gasteiger partial charge in [0.05, 0.1) is 40.1 Å². The van der Waals surface area contributed by atoms with Crippen LogP contribution in [0.2, 0.25) is 5.02 Å². The Morgan fingerprint density at radius 3 is 2.47 bits per heavy atom. The molecule has 0 bridgehead atoms. The fourth-order valence-corrected chi connectivity index (χ4v) is 5.27. The first kappa shape index (κ1) is 24.1. The molecule has 7 nitrogen and oxygen atoms in total. The van der Waals surface area contributed by atoms with E-state index in [2.05, 4.69) is 10.3 Å². The second kappa shape index (κ2) is 10.2. The normalized spacial score (nSPS) is 17.8. The summed E-state index contributed by atoms with van der Waals surface area (Å²) >= 11 is 6.03.